The molecule has 1 N–H and O–H groups in total. The number of rotatable bonds is 7. The summed E-state index contributed by atoms with van der Waals surface area (Å²) in [5.41, 5.74) is 2.06. The van der Waals surface area contributed by atoms with Crippen LogP contribution in [0.25, 0.3) is 22.5 Å². The molecule has 2 aromatic heterocycles. The van der Waals surface area contributed by atoms with Gasteiger partial charge in [-0.15, -0.1) is 21.5 Å². The van der Waals surface area contributed by atoms with Crippen molar-refractivity contribution >= 4 is 40.0 Å². The fourth-order valence-electron chi connectivity index (χ4n) is 3.18. The van der Waals surface area contributed by atoms with Gasteiger partial charge in [0.25, 0.3) is 0 Å². The standard InChI is InChI=1S/C23H18F2N4O3S2/c1-29-20(14-5-9-16(25)10-6-14)27-28-23(29)34-12-18(30)26-21-19(22(31)32-2)17(11-33-21)13-3-7-15(24)8-4-13/h3-11H,12H2,1-2H3,(H,26,30). The van der Waals surface area contributed by atoms with Crippen LogP contribution in [-0.4, -0.2) is 39.5 Å². The molecule has 0 spiro atoms. The van der Waals surface area contributed by atoms with Crippen LogP contribution < -0.4 is 5.32 Å². The number of carbonyl (C=O) groups is 2. The molecule has 7 nitrogen and oxygen atoms in total. The molecule has 2 aromatic carbocycles. The average Bonchev–Trinajstić information content (AvgIpc) is 3.41. The third-order valence-electron chi connectivity index (χ3n) is 4.86. The summed E-state index contributed by atoms with van der Waals surface area (Å²) in [6, 6.07) is 11.6. The normalized spacial score (nSPS) is 10.8. The first kappa shape index (κ1) is 23.6. The van der Waals surface area contributed by atoms with Crippen molar-refractivity contribution in [3.8, 4) is 22.5 Å². The minimum absolute atomic E-state index is 0.0137. The number of benzene rings is 2. The van der Waals surface area contributed by atoms with Gasteiger partial charge in [-0.1, -0.05) is 23.9 Å². The summed E-state index contributed by atoms with van der Waals surface area (Å²) < 4.78 is 33.1. The van der Waals surface area contributed by atoms with Gasteiger partial charge in [-0.05, 0) is 42.0 Å². The summed E-state index contributed by atoms with van der Waals surface area (Å²) in [6.07, 6.45) is 0. The number of ether oxygens (including phenoxy) is 1. The Labute approximate surface area is 201 Å². The second-order valence-corrected chi connectivity index (χ2v) is 8.88. The lowest BCUT2D eigenvalue weighted by Crippen LogP contribution is -2.16. The summed E-state index contributed by atoms with van der Waals surface area (Å²) in [7, 11) is 3.01. The number of nitrogens with one attached hydrogen (secondary N) is 1. The maximum Gasteiger partial charge on any atom is 0.341 e. The Morgan fingerprint density at radius 1 is 1.03 bits per heavy atom. The summed E-state index contributed by atoms with van der Waals surface area (Å²) in [4.78, 5) is 25.1. The Bertz CT molecular complexity index is 1340. The van der Waals surface area contributed by atoms with Crippen LogP contribution >= 0.6 is 23.1 Å². The molecular formula is C23H18F2N4O3S2. The molecule has 4 rings (SSSR count). The van der Waals surface area contributed by atoms with Gasteiger partial charge in [0.15, 0.2) is 11.0 Å². The molecular weight excluding hydrogens is 482 g/mol. The minimum Gasteiger partial charge on any atom is -0.465 e. The lowest BCUT2D eigenvalue weighted by molar-refractivity contribution is -0.113. The van der Waals surface area contributed by atoms with Gasteiger partial charge in [0, 0.05) is 23.6 Å². The number of hydrogen-bond acceptors (Lipinski definition) is 7. The Morgan fingerprint density at radius 2 is 1.65 bits per heavy atom. The Balaban J connectivity index is 1.48. The maximum absolute atomic E-state index is 13.3. The van der Waals surface area contributed by atoms with Crippen molar-refractivity contribution in [1.29, 1.82) is 0 Å². The molecule has 0 radical (unpaired) electrons. The molecule has 0 aliphatic heterocycles. The van der Waals surface area contributed by atoms with Crippen LogP contribution in [0, 0.1) is 11.6 Å². The Morgan fingerprint density at radius 3 is 2.26 bits per heavy atom. The fraction of sp³-hybridized carbons (Fsp3) is 0.130. The first-order valence-corrected chi connectivity index (χ1v) is 11.8. The number of amides is 1. The quantitative estimate of drug-likeness (QED) is 0.284. The van der Waals surface area contributed by atoms with E-state index in [0.29, 0.717) is 32.7 Å². The smallest absolute Gasteiger partial charge is 0.341 e. The molecule has 0 atom stereocenters. The van der Waals surface area contributed by atoms with Crippen LogP contribution in [0.2, 0.25) is 0 Å². The van der Waals surface area contributed by atoms with E-state index in [-0.39, 0.29) is 23.0 Å². The van der Waals surface area contributed by atoms with Crippen LogP contribution in [0.3, 0.4) is 0 Å². The predicted molar refractivity (Wildman–Crippen MR) is 127 cm³/mol. The number of hydrogen-bond donors (Lipinski definition) is 1. The van der Waals surface area contributed by atoms with Gasteiger partial charge in [0.05, 0.1) is 12.9 Å². The highest BCUT2D eigenvalue weighted by molar-refractivity contribution is 7.99. The number of carbonyl (C=O) groups excluding carboxylic acids is 2. The third-order valence-corrected chi connectivity index (χ3v) is 6.77. The number of thiophene rings is 1. The van der Waals surface area contributed by atoms with Crippen LogP contribution in [0.15, 0.2) is 59.1 Å². The van der Waals surface area contributed by atoms with Crippen molar-refractivity contribution in [1.82, 2.24) is 14.8 Å². The summed E-state index contributed by atoms with van der Waals surface area (Å²) in [6.45, 7) is 0. The van der Waals surface area contributed by atoms with Crippen molar-refractivity contribution in [2.45, 2.75) is 5.16 Å². The molecule has 0 saturated carbocycles. The van der Waals surface area contributed by atoms with E-state index in [1.54, 1.807) is 41.3 Å². The minimum atomic E-state index is -0.610. The number of halogens is 2. The highest BCUT2D eigenvalue weighted by Gasteiger charge is 2.23. The highest BCUT2D eigenvalue weighted by Crippen LogP contribution is 2.36. The SMILES string of the molecule is COC(=O)c1c(-c2ccc(F)cc2)csc1NC(=O)CSc1nnc(-c2ccc(F)cc2)n1C. The lowest BCUT2D eigenvalue weighted by atomic mass is 10.0. The van der Waals surface area contributed by atoms with Gasteiger partial charge < -0.3 is 14.6 Å². The van der Waals surface area contributed by atoms with Gasteiger partial charge in [-0.25, -0.2) is 13.6 Å². The molecule has 1 amide bonds. The van der Waals surface area contributed by atoms with Crippen molar-refractivity contribution in [3.05, 3.63) is 71.1 Å². The molecule has 34 heavy (non-hydrogen) atoms. The zero-order valence-corrected chi connectivity index (χ0v) is 19.7. The van der Waals surface area contributed by atoms with Crippen LogP contribution in [0.1, 0.15) is 10.4 Å². The van der Waals surface area contributed by atoms with Crippen LogP contribution in [0.4, 0.5) is 13.8 Å². The maximum atomic E-state index is 13.3. The molecule has 11 heteroatoms. The second-order valence-electron chi connectivity index (χ2n) is 7.06. The van der Waals surface area contributed by atoms with Gasteiger partial charge in [0.1, 0.15) is 22.2 Å². The van der Waals surface area contributed by atoms with Crippen molar-refractivity contribution in [3.63, 3.8) is 0 Å². The number of esters is 1. The first-order valence-electron chi connectivity index (χ1n) is 9.91. The van der Waals surface area contributed by atoms with E-state index < -0.39 is 11.8 Å². The van der Waals surface area contributed by atoms with Crippen molar-refractivity contribution < 1.29 is 23.1 Å². The van der Waals surface area contributed by atoms with E-state index in [4.69, 9.17) is 4.74 Å². The zero-order chi connectivity index (χ0) is 24.2. The molecule has 4 aromatic rings. The van der Waals surface area contributed by atoms with E-state index >= 15 is 0 Å². The molecule has 0 unspecified atom stereocenters. The van der Waals surface area contributed by atoms with Gasteiger partial charge in [-0.3, -0.25) is 4.79 Å². The van der Waals surface area contributed by atoms with Gasteiger partial charge >= 0.3 is 5.97 Å². The largest absolute Gasteiger partial charge is 0.465 e. The molecule has 174 valence electrons. The summed E-state index contributed by atoms with van der Waals surface area (Å²) in [5.74, 6) is -1.15. The lowest BCUT2D eigenvalue weighted by Gasteiger charge is -2.08. The Hall–Kier alpha value is -3.57. The monoisotopic (exact) mass is 500 g/mol. The fourth-order valence-corrected chi connectivity index (χ4v) is 4.86. The predicted octanol–water partition coefficient (Wildman–Crippen LogP) is 5.01. The topological polar surface area (TPSA) is 86.1 Å². The average molecular weight is 501 g/mol. The number of aromatic nitrogens is 3. The van der Waals surface area contributed by atoms with Crippen LogP contribution in [-0.2, 0) is 16.6 Å². The molecule has 0 fully saturated rings. The van der Waals surface area contributed by atoms with Crippen LogP contribution in [0.5, 0.6) is 0 Å². The number of anilines is 1. The zero-order valence-electron chi connectivity index (χ0n) is 18.0. The molecule has 0 aliphatic rings. The van der Waals surface area contributed by atoms with E-state index in [1.165, 1.54) is 54.5 Å². The highest BCUT2D eigenvalue weighted by atomic mass is 32.2. The first-order chi connectivity index (χ1) is 16.4. The van der Waals surface area contributed by atoms with Crippen molar-refractivity contribution in [2.24, 2.45) is 7.05 Å². The molecule has 0 saturated heterocycles. The third kappa shape index (κ3) is 5.00. The summed E-state index contributed by atoms with van der Waals surface area (Å²) >= 11 is 2.34. The van der Waals surface area contributed by atoms with E-state index in [9.17, 15) is 18.4 Å². The van der Waals surface area contributed by atoms with E-state index in [0.717, 1.165) is 0 Å². The molecule has 2 heterocycles. The second kappa shape index (κ2) is 10.1. The molecule has 0 bridgehead atoms. The number of thioether (sulfide) groups is 1. The van der Waals surface area contributed by atoms with E-state index in [2.05, 4.69) is 15.5 Å². The summed E-state index contributed by atoms with van der Waals surface area (Å²) in [5, 5.41) is 13.5. The number of nitrogens with zero attached hydrogens (tertiary/aromatic N) is 3. The van der Waals surface area contributed by atoms with Gasteiger partial charge in [0.2, 0.25) is 5.91 Å². The Kier molecular flexibility index (Phi) is 7.03. The van der Waals surface area contributed by atoms with E-state index in [1.807, 2.05) is 0 Å². The molecule has 0 aliphatic carbocycles. The van der Waals surface area contributed by atoms with Crippen molar-refractivity contribution in [2.75, 3.05) is 18.2 Å². The number of methoxy groups -OCH3 is 1. The van der Waals surface area contributed by atoms with Gasteiger partial charge in [-0.2, -0.15) is 0 Å².